The monoisotopic (exact) mass is 390 g/mol. The van der Waals surface area contributed by atoms with Gasteiger partial charge in [0.05, 0.1) is 11.5 Å². The van der Waals surface area contributed by atoms with Crippen LogP contribution in [-0.4, -0.2) is 60.8 Å². The van der Waals surface area contributed by atoms with Gasteiger partial charge in [-0.25, -0.2) is 0 Å². The molecule has 1 aromatic carbocycles. The first kappa shape index (κ1) is 19.8. The summed E-state index contributed by atoms with van der Waals surface area (Å²) < 4.78 is 6.40. The number of aliphatic hydroxyl groups excluding tert-OH is 1. The highest BCUT2D eigenvalue weighted by atomic mass is 32.1. The van der Waals surface area contributed by atoms with Crippen LogP contribution in [0.1, 0.15) is 41.4 Å². The number of hydrogen-bond donors (Lipinski definition) is 2. The third-order valence-electron chi connectivity index (χ3n) is 5.15. The van der Waals surface area contributed by atoms with Crippen molar-refractivity contribution in [2.24, 2.45) is 0 Å². The maximum Gasteiger partial charge on any atom is 0.261 e. The van der Waals surface area contributed by atoms with E-state index >= 15 is 0 Å². The summed E-state index contributed by atoms with van der Waals surface area (Å²) in [5, 5.41) is 12.8. The summed E-state index contributed by atoms with van der Waals surface area (Å²) in [6, 6.07) is 7.98. The molecule has 27 heavy (non-hydrogen) atoms. The number of rotatable bonds is 6. The average molecular weight is 391 g/mol. The zero-order valence-corrected chi connectivity index (χ0v) is 16.8. The second-order valence-electron chi connectivity index (χ2n) is 7.27. The van der Waals surface area contributed by atoms with Gasteiger partial charge in [-0.1, -0.05) is 18.2 Å². The Balaban J connectivity index is 1.92. The molecule has 1 aliphatic heterocycles. The van der Waals surface area contributed by atoms with Crippen LogP contribution in [0.15, 0.2) is 24.3 Å². The molecule has 2 heterocycles. The molecular formula is C20H26N2O4S. The SMILES string of the molecule is COC(C)(C)C(=O)N1CCC(c2c(C(=O)NCCO)sc3ccccc23)C1. The maximum atomic E-state index is 12.7. The second kappa shape index (κ2) is 7.96. The van der Waals surface area contributed by atoms with E-state index in [-0.39, 0.29) is 30.9 Å². The predicted molar refractivity (Wildman–Crippen MR) is 106 cm³/mol. The molecule has 1 aromatic heterocycles. The number of aliphatic hydroxyl groups is 1. The predicted octanol–water partition coefficient (Wildman–Crippen LogP) is 2.36. The number of ether oxygens (including phenoxy) is 1. The molecule has 0 aliphatic carbocycles. The minimum Gasteiger partial charge on any atom is -0.395 e. The van der Waals surface area contributed by atoms with Crippen LogP contribution in [0.5, 0.6) is 0 Å². The molecule has 6 nitrogen and oxygen atoms in total. The summed E-state index contributed by atoms with van der Waals surface area (Å²) in [4.78, 5) is 27.9. The molecule has 7 heteroatoms. The van der Waals surface area contributed by atoms with Gasteiger partial charge in [-0.3, -0.25) is 9.59 Å². The number of nitrogens with zero attached hydrogens (tertiary/aromatic N) is 1. The molecule has 1 saturated heterocycles. The Morgan fingerprint density at radius 1 is 1.37 bits per heavy atom. The van der Waals surface area contributed by atoms with Crippen molar-refractivity contribution in [1.82, 2.24) is 10.2 Å². The van der Waals surface area contributed by atoms with Gasteiger partial charge in [-0.15, -0.1) is 11.3 Å². The standard InChI is InChI=1S/C20H26N2O4S/c1-20(2,26-3)19(25)22-10-8-13(12-22)16-14-6-4-5-7-15(14)27-17(16)18(24)21-9-11-23/h4-7,13,23H,8-12H2,1-3H3,(H,21,24). The molecular weight excluding hydrogens is 364 g/mol. The number of nitrogens with one attached hydrogen (secondary N) is 1. The fourth-order valence-electron chi connectivity index (χ4n) is 3.54. The van der Waals surface area contributed by atoms with Gasteiger partial charge in [0.25, 0.3) is 11.8 Å². The highest BCUT2D eigenvalue weighted by molar-refractivity contribution is 7.21. The molecule has 0 spiro atoms. The first-order valence-electron chi connectivity index (χ1n) is 9.14. The van der Waals surface area contributed by atoms with Crippen molar-refractivity contribution < 1.29 is 19.4 Å². The van der Waals surface area contributed by atoms with Crippen LogP contribution in [0, 0.1) is 0 Å². The number of amides is 2. The van der Waals surface area contributed by atoms with E-state index in [0.717, 1.165) is 22.1 Å². The van der Waals surface area contributed by atoms with Crippen LogP contribution in [0.2, 0.25) is 0 Å². The lowest BCUT2D eigenvalue weighted by atomic mass is 9.95. The zero-order valence-electron chi connectivity index (χ0n) is 15.9. The molecule has 1 aliphatic rings. The van der Waals surface area contributed by atoms with Crippen molar-refractivity contribution in [2.45, 2.75) is 31.8 Å². The maximum absolute atomic E-state index is 12.7. The molecule has 3 rings (SSSR count). The minimum absolute atomic E-state index is 0.0293. The van der Waals surface area contributed by atoms with Crippen molar-refractivity contribution >= 4 is 33.2 Å². The largest absolute Gasteiger partial charge is 0.395 e. The summed E-state index contributed by atoms with van der Waals surface area (Å²) in [5.74, 6) is -0.0896. The van der Waals surface area contributed by atoms with E-state index in [9.17, 15) is 9.59 Å². The number of thiophene rings is 1. The Labute approximate surface area is 163 Å². The van der Waals surface area contributed by atoms with Crippen molar-refractivity contribution in [3.63, 3.8) is 0 Å². The molecule has 2 amide bonds. The van der Waals surface area contributed by atoms with Gasteiger partial charge < -0.3 is 20.1 Å². The van der Waals surface area contributed by atoms with Crippen molar-refractivity contribution in [3.05, 3.63) is 34.7 Å². The van der Waals surface area contributed by atoms with E-state index in [1.54, 1.807) is 21.0 Å². The van der Waals surface area contributed by atoms with Gasteiger partial charge in [0.15, 0.2) is 0 Å². The molecule has 2 aromatic rings. The number of fused-ring (bicyclic) bond motifs is 1. The molecule has 0 bridgehead atoms. The molecule has 0 radical (unpaired) electrons. The van der Waals surface area contributed by atoms with Crippen molar-refractivity contribution in [2.75, 3.05) is 33.4 Å². The van der Waals surface area contributed by atoms with Crippen molar-refractivity contribution in [1.29, 1.82) is 0 Å². The molecule has 2 N–H and O–H groups in total. The number of hydrogen-bond acceptors (Lipinski definition) is 5. The summed E-state index contributed by atoms with van der Waals surface area (Å²) in [7, 11) is 1.54. The summed E-state index contributed by atoms with van der Waals surface area (Å²) in [6.45, 7) is 4.91. The van der Waals surface area contributed by atoms with Gasteiger partial charge in [0, 0.05) is 37.4 Å². The molecule has 0 saturated carbocycles. The fourth-order valence-corrected chi connectivity index (χ4v) is 4.74. The minimum atomic E-state index is -0.854. The van der Waals surface area contributed by atoms with E-state index in [1.165, 1.54) is 11.3 Å². The average Bonchev–Trinajstić information content (AvgIpc) is 3.29. The van der Waals surface area contributed by atoms with E-state index < -0.39 is 5.60 Å². The van der Waals surface area contributed by atoms with Gasteiger partial charge in [-0.2, -0.15) is 0 Å². The third-order valence-corrected chi connectivity index (χ3v) is 6.33. The Hall–Kier alpha value is -1.96. The van der Waals surface area contributed by atoms with E-state index in [0.29, 0.717) is 18.0 Å². The van der Waals surface area contributed by atoms with Crippen LogP contribution in [0.25, 0.3) is 10.1 Å². The van der Waals surface area contributed by atoms with E-state index in [4.69, 9.17) is 9.84 Å². The van der Waals surface area contributed by atoms with Crippen LogP contribution in [0.3, 0.4) is 0 Å². The number of benzene rings is 1. The third kappa shape index (κ3) is 3.85. The normalized spacial score (nSPS) is 17.5. The topological polar surface area (TPSA) is 78.9 Å². The Morgan fingerprint density at radius 3 is 2.81 bits per heavy atom. The van der Waals surface area contributed by atoms with Crippen molar-refractivity contribution in [3.8, 4) is 0 Å². The first-order chi connectivity index (χ1) is 12.9. The van der Waals surface area contributed by atoms with Crippen LogP contribution >= 0.6 is 11.3 Å². The zero-order chi connectivity index (χ0) is 19.6. The summed E-state index contributed by atoms with van der Waals surface area (Å²) in [5.41, 5.74) is 0.156. The van der Waals surface area contributed by atoms with Gasteiger partial charge in [0.1, 0.15) is 5.60 Å². The second-order valence-corrected chi connectivity index (χ2v) is 8.32. The lowest BCUT2D eigenvalue weighted by molar-refractivity contribution is -0.149. The van der Waals surface area contributed by atoms with Crippen LogP contribution < -0.4 is 5.32 Å². The molecule has 146 valence electrons. The Kier molecular flexibility index (Phi) is 5.83. The summed E-state index contributed by atoms with van der Waals surface area (Å²) in [6.07, 6.45) is 0.812. The van der Waals surface area contributed by atoms with Gasteiger partial charge >= 0.3 is 0 Å². The smallest absolute Gasteiger partial charge is 0.261 e. The fraction of sp³-hybridized carbons (Fsp3) is 0.500. The molecule has 1 atom stereocenters. The number of methoxy groups -OCH3 is 1. The number of carbonyl (C=O) groups excluding carboxylic acids is 2. The van der Waals surface area contributed by atoms with Crippen LogP contribution in [-0.2, 0) is 9.53 Å². The Bertz CT molecular complexity index is 846. The molecule has 1 fully saturated rings. The summed E-state index contributed by atoms with van der Waals surface area (Å²) >= 11 is 1.47. The first-order valence-corrected chi connectivity index (χ1v) is 9.95. The van der Waals surface area contributed by atoms with Gasteiger partial charge in [0.2, 0.25) is 0 Å². The van der Waals surface area contributed by atoms with E-state index in [1.807, 2.05) is 29.2 Å². The lowest BCUT2D eigenvalue weighted by Gasteiger charge is -2.28. The van der Waals surface area contributed by atoms with E-state index in [2.05, 4.69) is 5.32 Å². The highest BCUT2D eigenvalue weighted by Crippen LogP contribution is 2.40. The highest BCUT2D eigenvalue weighted by Gasteiger charge is 2.38. The Morgan fingerprint density at radius 2 is 2.11 bits per heavy atom. The quantitative estimate of drug-likeness (QED) is 0.794. The lowest BCUT2D eigenvalue weighted by Crippen LogP contribution is -2.45. The van der Waals surface area contributed by atoms with Gasteiger partial charge in [-0.05, 0) is 37.3 Å². The van der Waals surface area contributed by atoms with Crippen LogP contribution in [0.4, 0.5) is 0 Å². The number of likely N-dealkylation sites (tertiary alicyclic amines) is 1. The molecule has 1 unspecified atom stereocenters. The number of carbonyl (C=O) groups is 2.